The van der Waals surface area contributed by atoms with E-state index < -0.39 is 0 Å². The van der Waals surface area contributed by atoms with Crippen LogP contribution in [0.3, 0.4) is 0 Å². The summed E-state index contributed by atoms with van der Waals surface area (Å²) in [6.45, 7) is 2.02. The first-order valence-corrected chi connectivity index (χ1v) is 6.85. The van der Waals surface area contributed by atoms with E-state index in [0.717, 1.165) is 32.6 Å². The van der Waals surface area contributed by atoms with Gasteiger partial charge in [-0.15, -0.1) is 0 Å². The molecule has 0 saturated heterocycles. The number of aromatic nitrogens is 1. The topological polar surface area (TPSA) is 38.9 Å². The van der Waals surface area contributed by atoms with Crippen molar-refractivity contribution in [2.75, 3.05) is 0 Å². The zero-order chi connectivity index (χ0) is 13.1. The molecule has 2 nitrogen and oxygen atoms in total. The van der Waals surface area contributed by atoms with E-state index in [-0.39, 0.29) is 6.04 Å². The summed E-state index contributed by atoms with van der Waals surface area (Å²) in [5, 5.41) is 0.742. The molecule has 1 atom stereocenters. The van der Waals surface area contributed by atoms with Gasteiger partial charge in [0.25, 0.3) is 0 Å². The van der Waals surface area contributed by atoms with Gasteiger partial charge in [0.15, 0.2) is 0 Å². The lowest BCUT2D eigenvalue weighted by atomic mass is 9.97. The Kier molecular flexibility index (Phi) is 4.38. The van der Waals surface area contributed by atoms with Crippen molar-refractivity contribution in [3.05, 3.63) is 62.8 Å². The molecule has 0 spiro atoms. The first-order valence-electron chi connectivity index (χ1n) is 5.68. The minimum absolute atomic E-state index is 0.0633. The van der Waals surface area contributed by atoms with Crippen LogP contribution < -0.4 is 5.73 Å². The minimum atomic E-state index is -0.0633. The summed E-state index contributed by atoms with van der Waals surface area (Å²) < 4.78 is 0.977. The summed E-state index contributed by atoms with van der Waals surface area (Å²) >= 11 is 9.60. The van der Waals surface area contributed by atoms with Crippen molar-refractivity contribution in [2.24, 2.45) is 5.73 Å². The molecule has 0 saturated carbocycles. The number of hydrogen-bond donors (Lipinski definition) is 1. The summed E-state index contributed by atoms with van der Waals surface area (Å²) in [4.78, 5) is 4.08. The fourth-order valence-corrected chi connectivity index (χ4v) is 2.68. The van der Waals surface area contributed by atoms with Crippen LogP contribution in [0.25, 0.3) is 0 Å². The summed E-state index contributed by atoms with van der Waals surface area (Å²) in [5.74, 6) is 0. The third kappa shape index (κ3) is 3.10. The lowest BCUT2D eigenvalue weighted by Gasteiger charge is -2.15. The number of nitrogens with zero attached hydrogens (tertiary/aromatic N) is 1. The maximum absolute atomic E-state index is 6.24. The second-order valence-corrected chi connectivity index (χ2v) is 5.60. The Morgan fingerprint density at radius 2 is 2.17 bits per heavy atom. The molecule has 1 heterocycles. The van der Waals surface area contributed by atoms with Gasteiger partial charge in [-0.3, -0.25) is 4.98 Å². The first kappa shape index (κ1) is 13.5. The van der Waals surface area contributed by atoms with Crippen molar-refractivity contribution in [3.63, 3.8) is 0 Å². The molecule has 1 aromatic carbocycles. The van der Waals surface area contributed by atoms with Crippen LogP contribution in [0.15, 0.2) is 41.1 Å². The van der Waals surface area contributed by atoms with Gasteiger partial charge in [0, 0.05) is 27.9 Å². The number of nitrogens with two attached hydrogens (primary N) is 1. The quantitative estimate of drug-likeness (QED) is 0.924. The Morgan fingerprint density at radius 1 is 1.39 bits per heavy atom. The van der Waals surface area contributed by atoms with Gasteiger partial charge >= 0.3 is 0 Å². The summed E-state index contributed by atoms with van der Waals surface area (Å²) in [6.07, 6.45) is 4.32. The zero-order valence-corrected chi connectivity index (χ0v) is 12.4. The van der Waals surface area contributed by atoms with E-state index in [4.69, 9.17) is 17.3 Å². The molecule has 1 aromatic heterocycles. The maximum Gasteiger partial charge on any atom is 0.0449 e. The van der Waals surface area contributed by atoms with Crippen LogP contribution in [0, 0.1) is 6.92 Å². The van der Waals surface area contributed by atoms with Crippen molar-refractivity contribution in [3.8, 4) is 0 Å². The SMILES string of the molecule is Cc1cnccc1C(N)Cc1ccc(Br)cc1Cl. The molecule has 2 N–H and O–H groups in total. The predicted molar refractivity (Wildman–Crippen MR) is 78.8 cm³/mol. The van der Waals surface area contributed by atoms with Crippen molar-refractivity contribution in [1.82, 2.24) is 4.98 Å². The number of benzene rings is 1. The highest BCUT2D eigenvalue weighted by Gasteiger charge is 2.11. The Morgan fingerprint density at radius 3 is 2.83 bits per heavy atom. The van der Waals surface area contributed by atoms with E-state index in [1.807, 2.05) is 37.4 Å². The molecule has 2 rings (SSSR count). The average Bonchev–Trinajstić information content (AvgIpc) is 2.33. The van der Waals surface area contributed by atoms with Gasteiger partial charge in [0.2, 0.25) is 0 Å². The van der Waals surface area contributed by atoms with Crippen molar-refractivity contribution in [1.29, 1.82) is 0 Å². The maximum atomic E-state index is 6.24. The molecule has 0 amide bonds. The third-order valence-corrected chi connectivity index (χ3v) is 3.76. The Labute approximate surface area is 120 Å². The number of pyridine rings is 1. The highest BCUT2D eigenvalue weighted by molar-refractivity contribution is 9.10. The van der Waals surface area contributed by atoms with Gasteiger partial charge in [-0.25, -0.2) is 0 Å². The number of hydrogen-bond acceptors (Lipinski definition) is 2. The molecule has 2 aromatic rings. The van der Waals surface area contributed by atoms with Crippen molar-refractivity contribution < 1.29 is 0 Å². The van der Waals surface area contributed by atoms with Crippen LogP contribution in [0.1, 0.15) is 22.7 Å². The fourth-order valence-electron chi connectivity index (χ4n) is 1.93. The van der Waals surface area contributed by atoms with E-state index in [2.05, 4.69) is 20.9 Å². The molecule has 0 aliphatic rings. The Balaban J connectivity index is 2.21. The summed E-state index contributed by atoms with van der Waals surface area (Å²) in [5.41, 5.74) is 9.52. The Hall–Kier alpha value is -0.900. The third-order valence-electron chi connectivity index (χ3n) is 2.92. The highest BCUT2D eigenvalue weighted by Crippen LogP contribution is 2.26. The van der Waals surface area contributed by atoms with Crippen LogP contribution in [0.4, 0.5) is 0 Å². The number of halogens is 2. The molecular formula is C14H14BrClN2. The van der Waals surface area contributed by atoms with Crippen LogP contribution in [-0.2, 0) is 6.42 Å². The monoisotopic (exact) mass is 324 g/mol. The average molecular weight is 326 g/mol. The van der Waals surface area contributed by atoms with Crippen molar-refractivity contribution in [2.45, 2.75) is 19.4 Å². The molecule has 1 unspecified atom stereocenters. The van der Waals surface area contributed by atoms with Crippen LogP contribution >= 0.6 is 27.5 Å². The standard InChI is InChI=1S/C14H14BrClN2/c1-9-8-18-5-4-12(9)14(17)6-10-2-3-11(15)7-13(10)16/h2-5,7-8,14H,6,17H2,1H3. The van der Waals surface area contributed by atoms with Gasteiger partial charge in [-0.05, 0) is 48.2 Å². The smallest absolute Gasteiger partial charge is 0.0449 e. The van der Waals surface area contributed by atoms with Crippen LogP contribution in [-0.4, -0.2) is 4.98 Å². The van der Waals surface area contributed by atoms with Crippen LogP contribution in [0.2, 0.25) is 5.02 Å². The lowest BCUT2D eigenvalue weighted by Crippen LogP contribution is -2.15. The molecule has 18 heavy (non-hydrogen) atoms. The van der Waals surface area contributed by atoms with E-state index >= 15 is 0 Å². The molecule has 0 aliphatic heterocycles. The molecule has 94 valence electrons. The van der Waals surface area contributed by atoms with E-state index in [0.29, 0.717) is 0 Å². The second-order valence-electron chi connectivity index (χ2n) is 4.28. The number of aryl methyl sites for hydroxylation is 1. The molecule has 4 heteroatoms. The largest absolute Gasteiger partial charge is 0.324 e. The molecule has 0 fully saturated rings. The molecular weight excluding hydrogens is 312 g/mol. The second kappa shape index (κ2) is 5.83. The van der Waals surface area contributed by atoms with E-state index in [1.54, 1.807) is 6.20 Å². The van der Waals surface area contributed by atoms with Gasteiger partial charge < -0.3 is 5.73 Å². The predicted octanol–water partition coefficient (Wildman–Crippen LogP) is 4.05. The van der Waals surface area contributed by atoms with Crippen molar-refractivity contribution >= 4 is 27.5 Å². The van der Waals surface area contributed by atoms with E-state index in [1.165, 1.54) is 0 Å². The summed E-state index contributed by atoms with van der Waals surface area (Å²) in [7, 11) is 0. The van der Waals surface area contributed by atoms with Gasteiger partial charge in [0.05, 0.1) is 0 Å². The fraction of sp³-hybridized carbons (Fsp3) is 0.214. The first-order chi connectivity index (χ1) is 8.58. The van der Waals surface area contributed by atoms with Gasteiger partial charge in [-0.1, -0.05) is 33.6 Å². The molecule has 0 aliphatic carbocycles. The van der Waals surface area contributed by atoms with Gasteiger partial charge in [0.1, 0.15) is 0 Å². The highest BCUT2D eigenvalue weighted by atomic mass is 79.9. The lowest BCUT2D eigenvalue weighted by molar-refractivity contribution is 0.715. The summed E-state index contributed by atoms with van der Waals surface area (Å²) in [6, 6.07) is 7.78. The zero-order valence-electron chi connectivity index (χ0n) is 10.0. The van der Waals surface area contributed by atoms with Crippen LogP contribution in [0.5, 0.6) is 0 Å². The minimum Gasteiger partial charge on any atom is -0.324 e. The molecule has 0 bridgehead atoms. The number of rotatable bonds is 3. The normalized spacial score (nSPS) is 12.4. The molecule has 0 radical (unpaired) electrons. The van der Waals surface area contributed by atoms with E-state index in [9.17, 15) is 0 Å². The van der Waals surface area contributed by atoms with Gasteiger partial charge in [-0.2, -0.15) is 0 Å². The Bertz CT molecular complexity index is 557.